The van der Waals surface area contributed by atoms with Crippen LogP contribution in [0.4, 0.5) is 0 Å². The van der Waals surface area contributed by atoms with Crippen molar-refractivity contribution in [1.29, 1.82) is 0 Å². The molecule has 0 amide bonds. The average molecular weight is 856 g/mol. The Labute approximate surface area is 335 Å². The van der Waals surface area contributed by atoms with Gasteiger partial charge < -0.3 is 11.1 Å². The van der Waals surface area contributed by atoms with Gasteiger partial charge >= 0.3 is 0 Å². The van der Waals surface area contributed by atoms with E-state index in [2.05, 4.69) is 24.4 Å². The summed E-state index contributed by atoms with van der Waals surface area (Å²) in [7, 11) is 0. The van der Waals surface area contributed by atoms with E-state index in [-0.39, 0.29) is 196 Å². The van der Waals surface area contributed by atoms with Crippen molar-refractivity contribution in [2.45, 2.75) is 103 Å². The number of hydrogen-bond acceptors (Lipinski definition) is 0. The van der Waals surface area contributed by atoms with Crippen LogP contribution >= 0.6 is 0 Å². The van der Waals surface area contributed by atoms with Crippen LogP contribution in [-0.4, -0.2) is 19.6 Å². The van der Waals surface area contributed by atoms with E-state index in [0.29, 0.717) is 6.54 Å². The summed E-state index contributed by atoms with van der Waals surface area (Å²) in [5.41, 5.74) is 7.04. The minimum absolute atomic E-state index is 0. The molecule has 0 spiro atoms. The molecule has 156 valence electrons. The standard InChI is InChI=1S/C21H42N2.6Y/c1-2-3-4-5-6-7-8-9-10-11-12-13-14-15-16-17-20-23-21-18-19-22;;;;;;/h9-10,22H,2-8,11-21H2,1H3;;;;;;/q-2;;;;;;/b10-9-;;;;;;. The Balaban J connectivity index is -0.000000161. The van der Waals surface area contributed by atoms with Gasteiger partial charge in [-0.15, -0.1) is 6.54 Å². The van der Waals surface area contributed by atoms with Gasteiger partial charge in [0.25, 0.3) is 0 Å². The second-order valence-corrected chi connectivity index (χ2v) is 6.71. The molecule has 1 N–H and O–H groups in total. The minimum Gasteiger partial charge on any atom is -0.677 e. The normalized spacial score (nSPS) is 9.17. The van der Waals surface area contributed by atoms with E-state index in [1.54, 1.807) is 0 Å². The molecule has 0 unspecified atom stereocenters. The van der Waals surface area contributed by atoms with E-state index in [4.69, 9.17) is 5.73 Å². The van der Waals surface area contributed by atoms with Crippen LogP contribution in [0.25, 0.3) is 11.1 Å². The predicted octanol–water partition coefficient (Wildman–Crippen LogP) is 7.82. The van der Waals surface area contributed by atoms with Crippen molar-refractivity contribution in [2.24, 2.45) is 0 Å². The van der Waals surface area contributed by atoms with Crippen molar-refractivity contribution in [3.05, 3.63) is 23.2 Å². The van der Waals surface area contributed by atoms with Crippen LogP contribution in [0.15, 0.2) is 12.2 Å². The molecule has 8 heteroatoms. The monoisotopic (exact) mass is 856 g/mol. The molecule has 0 fully saturated rings. The topological polar surface area (TPSA) is 37.9 Å². The van der Waals surface area contributed by atoms with Gasteiger partial charge in [0.1, 0.15) is 0 Å². The zero-order valence-electron chi connectivity index (χ0n) is 19.3. The predicted molar refractivity (Wildman–Crippen MR) is 106 cm³/mol. The Hall–Kier alpha value is 6.28. The first kappa shape index (κ1) is 51.8. The molecule has 0 aromatic heterocycles. The zero-order chi connectivity index (χ0) is 16.8. The molecule has 0 aliphatic rings. The van der Waals surface area contributed by atoms with Crippen molar-refractivity contribution >= 4 is 0 Å². The van der Waals surface area contributed by atoms with Crippen molar-refractivity contribution in [1.82, 2.24) is 0 Å². The quantitative estimate of drug-likeness (QED) is 0.0940. The molecule has 2 nitrogen and oxygen atoms in total. The third-order valence-electron chi connectivity index (χ3n) is 4.32. The van der Waals surface area contributed by atoms with Crippen LogP contribution in [0.2, 0.25) is 0 Å². The molecule has 6 radical (unpaired) electrons. The maximum Gasteiger partial charge on any atom is 0 e. The van der Waals surface area contributed by atoms with Crippen LogP contribution in [0, 0.1) is 0 Å². The molecule has 0 aliphatic heterocycles. The Bertz CT molecular complexity index is 247. The third kappa shape index (κ3) is 51.7. The molecule has 0 saturated heterocycles. The second-order valence-electron chi connectivity index (χ2n) is 6.71. The molecular formula is C21H42N2Y6-2. The van der Waals surface area contributed by atoms with E-state index in [1.807, 2.05) is 0 Å². The SMILES string of the molecule is CCCCCCCC/C=C\CCCCCCCC[N-]CCC[NH-].[Y].[Y].[Y].[Y].[Y].[Y]. The number of hydrogen-bond donors (Lipinski definition) is 0. The van der Waals surface area contributed by atoms with Gasteiger partial charge in [0.05, 0.1) is 0 Å². The van der Waals surface area contributed by atoms with E-state index in [0.717, 1.165) is 19.5 Å². The van der Waals surface area contributed by atoms with Gasteiger partial charge in [-0.1, -0.05) is 89.7 Å². The summed E-state index contributed by atoms with van der Waals surface area (Å²) in [6.45, 7) is 4.72. The summed E-state index contributed by atoms with van der Waals surface area (Å²) in [5, 5.41) is 4.44. The summed E-state index contributed by atoms with van der Waals surface area (Å²) in [4.78, 5) is 0. The Morgan fingerprint density at radius 3 is 1.34 bits per heavy atom. The first-order valence-electron chi connectivity index (χ1n) is 10.3. The first-order chi connectivity index (χ1) is 11.4. The second kappa shape index (κ2) is 51.0. The maximum absolute atomic E-state index is 7.04. The number of nitrogens with one attached hydrogen (secondary N) is 1. The molecule has 0 aromatic rings. The maximum atomic E-state index is 7.04. The van der Waals surface area contributed by atoms with Crippen molar-refractivity contribution in [2.75, 3.05) is 19.6 Å². The van der Waals surface area contributed by atoms with Crippen molar-refractivity contribution < 1.29 is 196 Å². The fraction of sp³-hybridized carbons (Fsp3) is 0.905. The number of allylic oxidation sites excluding steroid dienone is 2. The molecule has 0 aromatic carbocycles. The van der Waals surface area contributed by atoms with Crippen molar-refractivity contribution in [3.63, 3.8) is 0 Å². The number of nitrogens with zero attached hydrogens (tertiary/aromatic N) is 1. The molecule has 0 atom stereocenters. The van der Waals surface area contributed by atoms with E-state index >= 15 is 0 Å². The number of rotatable bonds is 19. The summed E-state index contributed by atoms with van der Waals surface area (Å²) < 4.78 is 0. The van der Waals surface area contributed by atoms with Crippen LogP contribution in [-0.2, 0) is 196 Å². The van der Waals surface area contributed by atoms with Gasteiger partial charge in [-0.25, -0.2) is 0 Å². The summed E-state index contributed by atoms with van der Waals surface area (Å²) in [5.74, 6) is 0. The van der Waals surface area contributed by atoms with E-state index in [9.17, 15) is 0 Å². The molecule has 0 heterocycles. The molecular weight excluding hydrogens is 814 g/mol. The van der Waals surface area contributed by atoms with E-state index in [1.165, 1.54) is 89.9 Å². The fourth-order valence-electron chi connectivity index (χ4n) is 2.77. The molecule has 0 rings (SSSR count). The minimum atomic E-state index is 0. The van der Waals surface area contributed by atoms with Gasteiger partial charge in [0.15, 0.2) is 0 Å². The smallest absolute Gasteiger partial charge is 0 e. The molecule has 0 bridgehead atoms. The third-order valence-corrected chi connectivity index (χ3v) is 4.32. The van der Waals surface area contributed by atoms with Gasteiger partial charge in [-0.05, 0) is 25.7 Å². The molecule has 0 saturated carbocycles. The molecule has 29 heavy (non-hydrogen) atoms. The Morgan fingerprint density at radius 2 is 0.897 bits per heavy atom. The Kier molecular flexibility index (Phi) is 91.2. The van der Waals surface area contributed by atoms with Crippen molar-refractivity contribution in [3.8, 4) is 0 Å². The fourth-order valence-corrected chi connectivity index (χ4v) is 2.77. The first-order valence-corrected chi connectivity index (χ1v) is 10.3. The summed E-state index contributed by atoms with van der Waals surface area (Å²) >= 11 is 0. The largest absolute Gasteiger partial charge is 0.677 e. The molecule has 0 aliphatic carbocycles. The van der Waals surface area contributed by atoms with Gasteiger partial charge in [0, 0.05) is 196 Å². The van der Waals surface area contributed by atoms with Gasteiger partial charge in [0.2, 0.25) is 0 Å². The summed E-state index contributed by atoms with van der Waals surface area (Å²) in [6.07, 6.45) is 24.8. The van der Waals surface area contributed by atoms with Gasteiger partial charge in [-0.3, -0.25) is 0 Å². The summed E-state index contributed by atoms with van der Waals surface area (Å²) in [6, 6.07) is 0. The zero-order valence-corrected chi connectivity index (χ0v) is 36.3. The van der Waals surface area contributed by atoms with E-state index < -0.39 is 0 Å². The van der Waals surface area contributed by atoms with Crippen LogP contribution in [0.3, 0.4) is 0 Å². The Morgan fingerprint density at radius 1 is 0.517 bits per heavy atom. The van der Waals surface area contributed by atoms with Crippen LogP contribution in [0.5, 0.6) is 0 Å². The van der Waals surface area contributed by atoms with Crippen LogP contribution < -0.4 is 0 Å². The van der Waals surface area contributed by atoms with Crippen LogP contribution in [0.1, 0.15) is 103 Å². The number of unbranched alkanes of at least 4 members (excludes halogenated alkanes) is 12. The van der Waals surface area contributed by atoms with Gasteiger partial charge in [-0.2, -0.15) is 13.1 Å². The average Bonchev–Trinajstić information content (AvgIpc) is 2.57.